The van der Waals surface area contributed by atoms with Gasteiger partial charge in [0.1, 0.15) is 10.8 Å². The van der Waals surface area contributed by atoms with E-state index in [9.17, 15) is 0 Å². The molecule has 0 fully saturated rings. The first kappa shape index (κ1) is 12.9. The fraction of sp³-hybridized carbons (Fsp3) is 0.250. The number of nitrogens with zero attached hydrogens (tertiary/aromatic N) is 1. The molecule has 5 heteroatoms. The van der Waals surface area contributed by atoms with E-state index in [4.69, 9.17) is 16.3 Å². The lowest BCUT2D eigenvalue weighted by atomic mass is 10.2. The number of hydrogen-bond donors (Lipinski definition) is 0. The maximum Gasteiger partial charge on any atom is 0.138 e. The molecule has 1 aromatic carbocycles. The maximum atomic E-state index is 6.17. The van der Waals surface area contributed by atoms with Crippen molar-refractivity contribution in [2.45, 2.75) is 20.0 Å². The van der Waals surface area contributed by atoms with Gasteiger partial charge in [-0.25, -0.2) is 4.98 Å². The van der Waals surface area contributed by atoms with Crippen LogP contribution in [-0.4, -0.2) is 11.1 Å². The third kappa shape index (κ3) is 3.21. The Bertz CT molecular complexity index is 527. The zero-order valence-electron chi connectivity index (χ0n) is 9.41. The second kappa shape index (κ2) is 5.38. The van der Waals surface area contributed by atoms with Crippen LogP contribution in [0.2, 0.25) is 5.02 Å². The van der Waals surface area contributed by atoms with Gasteiger partial charge >= 0.3 is 0 Å². The van der Waals surface area contributed by atoms with Crippen molar-refractivity contribution >= 4 is 38.9 Å². The molecule has 0 saturated carbocycles. The van der Waals surface area contributed by atoms with Crippen molar-refractivity contribution in [1.82, 2.24) is 4.98 Å². The van der Waals surface area contributed by atoms with Gasteiger partial charge in [-0.05, 0) is 48.0 Å². The first-order chi connectivity index (χ1) is 8.06. The van der Waals surface area contributed by atoms with Crippen molar-refractivity contribution in [3.8, 4) is 16.3 Å². The first-order valence-electron chi connectivity index (χ1n) is 5.14. The van der Waals surface area contributed by atoms with E-state index in [-0.39, 0.29) is 6.10 Å². The van der Waals surface area contributed by atoms with Gasteiger partial charge in [-0.1, -0.05) is 11.6 Å². The largest absolute Gasteiger partial charge is 0.489 e. The van der Waals surface area contributed by atoms with E-state index in [1.807, 2.05) is 32.0 Å². The van der Waals surface area contributed by atoms with E-state index >= 15 is 0 Å². The van der Waals surface area contributed by atoms with Gasteiger partial charge in [-0.3, -0.25) is 0 Å². The van der Waals surface area contributed by atoms with Gasteiger partial charge < -0.3 is 4.74 Å². The Morgan fingerprint density at radius 1 is 1.41 bits per heavy atom. The summed E-state index contributed by atoms with van der Waals surface area (Å²) in [6.07, 6.45) is 1.90. The Kier molecular flexibility index (Phi) is 4.07. The van der Waals surface area contributed by atoms with Crippen molar-refractivity contribution in [3.05, 3.63) is 33.2 Å². The zero-order chi connectivity index (χ0) is 12.4. The molecule has 0 atom stereocenters. The molecule has 1 aromatic heterocycles. The quantitative estimate of drug-likeness (QED) is 0.788. The van der Waals surface area contributed by atoms with Crippen molar-refractivity contribution in [2.75, 3.05) is 0 Å². The SMILES string of the molecule is CC(C)Oc1ccc(-c2ncc(Br)s2)cc1Cl. The number of benzene rings is 1. The van der Waals surface area contributed by atoms with Crippen LogP contribution in [0.3, 0.4) is 0 Å². The number of halogens is 2. The van der Waals surface area contributed by atoms with E-state index in [0.29, 0.717) is 10.8 Å². The highest BCUT2D eigenvalue weighted by molar-refractivity contribution is 9.11. The number of rotatable bonds is 3. The van der Waals surface area contributed by atoms with E-state index in [0.717, 1.165) is 14.4 Å². The summed E-state index contributed by atoms with van der Waals surface area (Å²) in [5.41, 5.74) is 1.00. The van der Waals surface area contributed by atoms with Gasteiger partial charge in [-0.15, -0.1) is 11.3 Å². The predicted molar refractivity (Wildman–Crippen MR) is 76.0 cm³/mol. The van der Waals surface area contributed by atoms with Crippen LogP contribution >= 0.6 is 38.9 Å². The summed E-state index contributed by atoms with van der Waals surface area (Å²) in [5.74, 6) is 0.709. The highest BCUT2D eigenvalue weighted by Crippen LogP contribution is 2.34. The van der Waals surface area contributed by atoms with Crippen molar-refractivity contribution in [3.63, 3.8) is 0 Å². The Balaban J connectivity index is 2.30. The van der Waals surface area contributed by atoms with Crippen LogP contribution in [0.4, 0.5) is 0 Å². The standard InChI is InChI=1S/C12H11BrClNOS/c1-7(2)16-10-4-3-8(5-9(10)14)12-15-6-11(13)17-12/h3-7H,1-2H3. The third-order valence-corrected chi connectivity index (χ3v) is 3.84. The van der Waals surface area contributed by atoms with Gasteiger partial charge in [0, 0.05) is 5.56 Å². The Hall–Kier alpha value is -0.580. The minimum Gasteiger partial charge on any atom is -0.489 e. The van der Waals surface area contributed by atoms with E-state index < -0.39 is 0 Å². The normalized spacial score (nSPS) is 10.9. The maximum absolute atomic E-state index is 6.17. The molecule has 0 saturated heterocycles. The molecule has 0 bridgehead atoms. The first-order valence-corrected chi connectivity index (χ1v) is 7.13. The molecule has 0 aliphatic rings. The fourth-order valence-electron chi connectivity index (χ4n) is 1.37. The predicted octanol–water partition coefficient (Wildman–Crippen LogP) is 5.01. The van der Waals surface area contributed by atoms with Crippen LogP contribution < -0.4 is 4.74 Å². The Morgan fingerprint density at radius 2 is 2.18 bits per heavy atom. The van der Waals surface area contributed by atoms with Gasteiger partial charge in [0.2, 0.25) is 0 Å². The van der Waals surface area contributed by atoms with Gasteiger partial charge in [-0.2, -0.15) is 0 Å². The van der Waals surface area contributed by atoms with Crippen LogP contribution in [0.5, 0.6) is 5.75 Å². The molecular weight excluding hydrogens is 322 g/mol. The summed E-state index contributed by atoms with van der Waals surface area (Å²) >= 11 is 11.1. The summed E-state index contributed by atoms with van der Waals surface area (Å²) < 4.78 is 6.59. The van der Waals surface area contributed by atoms with Gasteiger partial charge in [0.15, 0.2) is 0 Å². The summed E-state index contributed by atoms with van der Waals surface area (Å²) in [5, 5.41) is 1.55. The minimum absolute atomic E-state index is 0.118. The van der Waals surface area contributed by atoms with Gasteiger partial charge in [0.25, 0.3) is 0 Å². The average Bonchev–Trinajstić information content (AvgIpc) is 2.67. The Labute approximate surface area is 118 Å². The summed E-state index contributed by atoms with van der Waals surface area (Å²) in [6, 6.07) is 5.73. The summed E-state index contributed by atoms with van der Waals surface area (Å²) in [4.78, 5) is 4.29. The molecule has 0 unspecified atom stereocenters. The lowest BCUT2D eigenvalue weighted by Gasteiger charge is -2.11. The molecule has 0 amide bonds. The fourth-order valence-corrected chi connectivity index (χ4v) is 2.80. The lowest BCUT2D eigenvalue weighted by Crippen LogP contribution is -2.05. The van der Waals surface area contributed by atoms with E-state index in [1.165, 1.54) is 0 Å². The molecule has 2 rings (SSSR count). The van der Waals surface area contributed by atoms with E-state index in [1.54, 1.807) is 17.5 Å². The molecule has 1 heterocycles. The molecule has 2 aromatic rings. The zero-order valence-corrected chi connectivity index (χ0v) is 12.6. The highest BCUT2D eigenvalue weighted by atomic mass is 79.9. The van der Waals surface area contributed by atoms with Crippen LogP contribution in [0, 0.1) is 0 Å². The molecular formula is C12H11BrClNOS. The molecule has 0 radical (unpaired) electrons. The topological polar surface area (TPSA) is 22.1 Å². The second-order valence-electron chi connectivity index (χ2n) is 3.78. The highest BCUT2D eigenvalue weighted by Gasteiger charge is 2.08. The Morgan fingerprint density at radius 3 is 2.71 bits per heavy atom. The lowest BCUT2D eigenvalue weighted by molar-refractivity contribution is 0.242. The van der Waals surface area contributed by atoms with Crippen LogP contribution in [0.25, 0.3) is 10.6 Å². The van der Waals surface area contributed by atoms with Crippen LogP contribution in [0.1, 0.15) is 13.8 Å². The number of hydrogen-bond acceptors (Lipinski definition) is 3. The number of thiazole rings is 1. The molecule has 2 nitrogen and oxygen atoms in total. The second-order valence-corrected chi connectivity index (χ2v) is 6.60. The van der Waals surface area contributed by atoms with Crippen molar-refractivity contribution in [2.24, 2.45) is 0 Å². The van der Waals surface area contributed by atoms with Crippen molar-refractivity contribution in [1.29, 1.82) is 0 Å². The summed E-state index contributed by atoms with van der Waals surface area (Å²) in [7, 11) is 0. The van der Waals surface area contributed by atoms with Crippen LogP contribution in [0.15, 0.2) is 28.2 Å². The molecule has 90 valence electrons. The van der Waals surface area contributed by atoms with Crippen LogP contribution in [-0.2, 0) is 0 Å². The molecule has 0 N–H and O–H groups in total. The monoisotopic (exact) mass is 331 g/mol. The van der Waals surface area contributed by atoms with Gasteiger partial charge in [0.05, 0.1) is 21.1 Å². The van der Waals surface area contributed by atoms with Crippen molar-refractivity contribution < 1.29 is 4.74 Å². The number of aromatic nitrogens is 1. The molecule has 17 heavy (non-hydrogen) atoms. The number of ether oxygens (including phenoxy) is 1. The van der Waals surface area contributed by atoms with E-state index in [2.05, 4.69) is 20.9 Å². The summed E-state index contributed by atoms with van der Waals surface area (Å²) in [6.45, 7) is 3.95. The minimum atomic E-state index is 0.118. The third-order valence-electron chi connectivity index (χ3n) is 2.02. The molecule has 0 aliphatic heterocycles. The molecule has 0 aliphatic carbocycles. The smallest absolute Gasteiger partial charge is 0.138 e. The average molecular weight is 333 g/mol. The molecule has 0 spiro atoms.